The minimum atomic E-state index is -4.32. The molecule has 3 rings (SSSR count). The monoisotopic (exact) mass is 381 g/mol. The van der Waals surface area contributed by atoms with Crippen LogP contribution in [-0.2, 0) is 6.18 Å². The van der Waals surface area contributed by atoms with Crippen molar-refractivity contribution in [3.8, 4) is 0 Å². The Labute approximate surface area is 155 Å². The number of alkyl halides is 3. The van der Waals surface area contributed by atoms with E-state index in [0.29, 0.717) is 31.0 Å². The van der Waals surface area contributed by atoms with Crippen LogP contribution in [-0.4, -0.2) is 60.3 Å². The number of aromatic nitrogens is 2. The number of nitrogens with zero attached hydrogens (tertiary/aromatic N) is 3. The lowest BCUT2D eigenvalue weighted by Crippen LogP contribution is -2.47. The first kappa shape index (κ1) is 19.2. The van der Waals surface area contributed by atoms with Crippen LogP contribution >= 0.6 is 0 Å². The lowest BCUT2D eigenvalue weighted by atomic mass is 10.1. The average Bonchev–Trinajstić information content (AvgIpc) is 3.20. The molecule has 2 N–H and O–H groups in total. The van der Waals surface area contributed by atoms with Gasteiger partial charge in [-0.15, -0.1) is 0 Å². The van der Waals surface area contributed by atoms with E-state index in [1.807, 2.05) is 4.90 Å². The molecule has 1 saturated heterocycles. The molecule has 1 fully saturated rings. The molecule has 1 aliphatic rings. The van der Waals surface area contributed by atoms with Crippen molar-refractivity contribution in [2.45, 2.75) is 12.6 Å². The number of carbonyl (C=O) groups is 1. The quantitative estimate of drug-likeness (QED) is 0.754. The zero-order chi connectivity index (χ0) is 19.3. The summed E-state index contributed by atoms with van der Waals surface area (Å²) < 4.78 is 38.6. The molecule has 146 valence electrons. The highest BCUT2D eigenvalue weighted by Gasteiger charge is 2.31. The van der Waals surface area contributed by atoms with E-state index in [-0.39, 0.29) is 5.91 Å². The molecule has 6 nitrogen and oxygen atoms in total. The van der Waals surface area contributed by atoms with Crippen molar-refractivity contribution in [3.05, 3.63) is 47.8 Å². The summed E-state index contributed by atoms with van der Waals surface area (Å²) in [6, 6.07) is 7.09. The van der Waals surface area contributed by atoms with Gasteiger partial charge in [-0.3, -0.25) is 14.8 Å². The van der Waals surface area contributed by atoms with Crippen LogP contribution in [0, 0.1) is 0 Å². The van der Waals surface area contributed by atoms with Crippen molar-refractivity contribution < 1.29 is 18.0 Å². The standard InChI is InChI=1S/C18H22F3N5O/c19-18(20,21)14-3-1-4-15(13-14)26-11-9-25(10-12-26)8-2-6-22-17(27)16-5-7-23-24-16/h1,3-5,7,13H,2,6,8-12H2,(H,22,27)(H,23,24). The molecule has 1 aromatic heterocycles. The Morgan fingerprint density at radius 3 is 2.63 bits per heavy atom. The maximum absolute atomic E-state index is 12.9. The second-order valence-electron chi connectivity index (χ2n) is 6.46. The van der Waals surface area contributed by atoms with E-state index < -0.39 is 11.7 Å². The van der Waals surface area contributed by atoms with E-state index in [2.05, 4.69) is 20.4 Å². The fourth-order valence-corrected chi connectivity index (χ4v) is 3.09. The van der Waals surface area contributed by atoms with Gasteiger partial charge in [0.2, 0.25) is 0 Å². The molecule has 0 radical (unpaired) electrons. The van der Waals surface area contributed by atoms with Gasteiger partial charge in [-0.05, 0) is 37.2 Å². The number of piperazine rings is 1. The number of hydrogen-bond acceptors (Lipinski definition) is 4. The number of H-pyrrole nitrogens is 1. The Morgan fingerprint density at radius 2 is 1.96 bits per heavy atom. The van der Waals surface area contributed by atoms with E-state index in [1.165, 1.54) is 18.3 Å². The van der Waals surface area contributed by atoms with Gasteiger partial charge in [-0.25, -0.2) is 0 Å². The first-order valence-electron chi connectivity index (χ1n) is 8.85. The maximum atomic E-state index is 12.9. The molecule has 1 amide bonds. The molecule has 0 saturated carbocycles. The summed E-state index contributed by atoms with van der Waals surface area (Å²) in [5, 5.41) is 9.17. The van der Waals surface area contributed by atoms with Crippen molar-refractivity contribution in [3.63, 3.8) is 0 Å². The number of nitrogens with one attached hydrogen (secondary N) is 2. The topological polar surface area (TPSA) is 64.3 Å². The number of benzene rings is 1. The fourth-order valence-electron chi connectivity index (χ4n) is 3.09. The van der Waals surface area contributed by atoms with Gasteiger partial charge in [0.1, 0.15) is 5.69 Å². The number of halogens is 3. The Balaban J connectivity index is 1.40. The summed E-state index contributed by atoms with van der Waals surface area (Å²) in [6.45, 7) is 4.32. The molecule has 2 aromatic rings. The van der Waals surface area contributed by atoms with Crippen molar-refractivity contribution in [2.24, 2.45) is 0 Å². The third-order valence-electron chi connectivity index (χ3n) is 4.59. The molecule has 2 heterocycles. The van der Waals surface area contributed by atoms with E-state index >= 15 is 0 Å². The Morgan fingerprint density at radius 1 is 1.19 bits per heavy atom. The largest absolute Gasteiger partial charge is 0.416 e. The third kappa shape index (κ3) is 5.22. The van der Waals surface area contributed by atoms with Gasteiger partial charge in [0.25, 0.3) is 5.91 Å². The van der Waals surface area contributed by atoms with Gasteiger partial charge < -0.3 is 10.2 Å². The second-order valence-corrected chi connectivity index (χ2v) is 6.46. The molecule has 0 spiro atoms. The van der Waals surface area contributed by atoms with Gasteiger partial charge in [-0.1, -0.05) is 6.07 Å². The molecule has 27 heavy (non-hydrogen) atoms. The van der Waals surface area contributed by atoms with Crippen LogP contribution in [0.15, 0.2) is 36.5 Å². The smallest absolute Gasteiger partial charge is 0.369 e. The van der Waals surface area contributed by atoms with E-state index in [0.717, 1.165) is 32.1 Å². The van der Waals surface area contributed by atoms with Crippen LogP contribution < -0.4 is 10.2 Å². The van der Waals surface area contributed by atoms with E-state index in [9.17, 15) is 18.0 Å². The van der Waals surface area contributed by atoms with E-state index in [1.54, 1.807) is 12.1 Å². The summed E-state index contributed by atoms with van der Waals surface area (Å²) in [6.07, 6.45) is -1.99. The highest BCUT2D eigenvalue weighted by atomic mass is 19.4. The molecule has 0 atom stereocenters. The second kappa shape index (κ2) is 8.43. The SMILES string of the molecule is O=C(NCCCN1CCN(c2cccc(C(F)(F)F)c2)CC1)c1ccn[nH]1. The summed E-state index contributed by atoms with van der Waals surface area (Å²) >= 11 is 0. The minimum absolute atomic E-state index is 0.179. The van der Waals surface area contributed by atoms with Crippen molar-refractivity contribution >= 4 is 11.6 Å². The summed E-state index contributed by atoms with van der Waals surface area (Å²) in [5.41, 5.74) is 0.427. The normalized spacial score (nSPS) is 15.7. The number of anilines is 1. The van der Waals surface area contributed by atoms with Gasteiger partial charge in [0.15, 0.2) is 0 Å². The maximum Gasteiger partial charge on any atom is 0.416 e. The molecule has 9 heteroatoms. The zero-order valence-electron chi connectivity index (χ0n) is 14.8. The van der Waals surface area contributed by atoms with Gasteiger partial charge in [0, 0.05) is 44.6 Å². The van der Waals surface area contributed by atoms with Crippen LogP contribution in [0.2, 0.25) is 0 Å². The van der Waals surface area contributed by atoms with Gasteiger partial charge in [-0.2, -0.15) is 18.3 Å². The number of carbonyl (C=O) groups excluding carboxylic acids is 1. The highest BCUT2D eigenvalue weighted by Crippen LogP contribution is 2.31. The lowest BCUT2D eigenvalue weighted by molar-refractivity contribution is -0.137. The van der Waals surface area contributed by atoms with Gasteiger partial charge >= 0.3 is 6.18 Å². The van der Waals surface area contributed by atoms with Crippen molar-refractivity contribution in [1.29, 1.82) is 0 Å². The Kier molecular flexibility index (Phi) is 6.00. The van der Waals surface area contributed by atoms with Crippen LogP contribution in [0.25, 0.3) is 0 Å². The van der Waals surface area contributed by atoms with Crippen LogP contribution in [0.5, 0.6) is 0 Å². The Hall–Kier alpha value is -2.55. The minimum Gasteiger partial charge on any atom is -0.369 e. The number of rotatable bonds is 6. The first-order valence-corrected chi connectivity index (χ1v) is 8.85. The van der Waals surface area contributed by atoms with Crippen molar-refractivity contribution in [2.75, 3.05) is 44.2 Å². The average molecular weight is 381 g/mol. The number of hydrogen-bond donors (Lipinski definition) is 2. The Bertz CT molecular complexity index is 740. The molecule has 0 aliphatic carbocycles. The van der Waals surface area contributed by atoms with Crippen LogP contribution in [0.3, 0.4) is 0 Å². The third-order valence-corrected chi connectivity index (χ3v) is 4.59. The number of aromatic amines is 1. The molecule has 1 aromatic carbocycles. The summed E-state index contributed by atoms with van der Waals surface area (Å²) in [4.78, 5) is 16.0. The van der Waals surface area contributed by atoms with Crippen molar-refractivity contribution in [1.82, 2.24) is 20.4 Å². The predicted molar refractivity (Wildman–Crippen MR) is 95.6 cm³/mol. The molecule has 1 aliphatic heterocycles. The molecule has 0 unspecified atom stereocenters. The number of amides is 1. The summed E-state index contributed by atoms with van der Waals surface area (Å²) in [5.74, 6) is -0.179. The fraction of sp³-hybridized carbons (Fsp3) is 0.444. The van der Waals surface area contributed by atoms with Gasteiger partial charge in [0.05, 0.1) is 5.56 Å². The predicted octanol–water partition coefficient (Wildman–Crippen LogP) is 2.37. The first-order chi connectivity index (χ1) is 12.9. The molecule has 0 bridgehead atoms. The highest BCUT2D eigenvalue weighted by molar-refractivity contribution is 5.92. The molecular formula is C18H22F3N5O. The summed E-state index contributed by atoms with van der Waals surface area (Å²) in [7, 11) is 0. The van der Waals surface area contributed by atoms with Crippen LogP contribution in [0.1, 0.15) is 22.5 Å². The zero-order valence-corrected chi connectivity index (χ0v) is 14.8. The lowest BCUT2D eigenvalue weighted by Gasteiger charge is -2.36. The van der Waals surface area contributed by atoms with Crippen LogP contribution in [0.4, 0.5) is 18.9 Å². The molecular weight excluding hydrogens is 359 g/mol. The van der Waals surface area contributed by atoms with E-state index in [4.69, 9.17) is 0 Å².